The molecule has 1 rings (SSSR count). The van der Waals surface area contributed by atoms with E-state index in [0.29, 0.717) is 5.82 Å². The third kappa shape index (κ3) is 2.34. The summed E-state index contributed by atoms with van der Waals surface area (Å²) >= 11 is 0. The Morgan fingerprint density at radius 3 is 2.15 bits per heavy atom. The van der Waals surface area contributed by atoms with Crippen LogP contribution in [0.25, 0.3) is 0 Å². The lowest BCUT2D eigenvalue weighted by Gasteiger charge is -2.07. The molecule has 3 heteroatoms. The van der Waals surface area contributed by atoms with Crippen molar-refractivity contribution >= 4 is 5.78 Å². The summed E-state index contributed by atoms with van der Waals surface area (Å²) < 4.78 is 0. The molecule has 0 aromatic carbocycles. The molecule has 1 aromatic heterocycles. The van der Waals surface area contributed by atoms with Gasteiger partial charge in [0.1, 0.15) is 11.6 Å². The van der Waals surface area contributed by atoms with E-state index in [9.17, 15) is 4.79 Å². The molecule has 1 atom stereocenters. The molecule has 0 N–H and O–H groups in total. The molecule has 1 aromatic rings. The van der Waals surface area contributed by atoms with Gasteiger partial charge in [0.05, 0.1) is 5.92 Å². The average molecular weight is 178 g/mol. The summed E-state index contributed by atoms with van der Waals surface area (Å²) in [5.41, 5.74) is 1.83. The molecule has 0 aliphatic rings. The molecule has 0 saturated carbocycles. The molecule has 0 amide bonds. The minimum atomic E-state index is -0.196. The first-order chi connectivity index (χ1) is 6.00. The molecular weight excluding hydrogens is 164 g/mol. The van der Waals surface area contributed by atoms with E-state index in [4.69, 9.17) is 0 Å². The average Bonchev–Trinajstić information content (AvgIpc) is 2.01. The minimum Gasteiger partial charge on any atom is -0.299 e. The Morgan fingerprint density at radius 2 is 1.77 bits per heavy atom. The van der Waals surface area contributed by atoms with Crippen molar-refractivity contribution in [2.24, 2.45) is 0 Å². The fourth-order valence-corrected chi connectivity index (χ4v) is 1.13. The molecule has 3 nitrogen and oxygen atoms in total. The van der Waals surface area contributed by atoms with Crippen LogP contribution >= 0.6 is 0 Å². The van der Waals surface area contributed by atoms with Gasteiger partial charge in [0.15, 0.2) is 0 Å². The van der Waals surface area contributed by atoms with Gasteiger partial charge in [-0.2, -0.15) is 0 Å². The quantitative estimate of drug-likeness (QED) is 0.693. The summed E-state index contributed by atoms with van der Waals surface area (Å²) in [5, 5.41) is 0. The van der Waals surface area contributed by atoms with Gasteiger partial charge in [-0.15, -0.1) is 0 Å². The van der Waals surface area contributed by atoms with Crippen LogP contribution in [0, 0.1) is 13.8 Å². The second-order valence-corrected chi connectivity index (χ2v) is 3.34. The molecule has 0 aliphatic carbocycles. The first kappa shape index (κ1) is 9.84. The van der Waals surface area contributed by atoms with Gasteiger partial charge in [-0.25, -0.2) is 9.97 Å². The van der Waals surface area contributed by atoms with Gasteiger partial charge in [0.25, 0.3) is 0 Å². The Morgan fingerprint density at radius 1 is 1.31 bits per heavy atom. The summed E-state index contributed by atoms with van der Waals surface area (Å²) in [6.45, 7) is 7.21. The van der Waals surface area contributed by atoms with Crippen molar-refractivity contribution in [1.82, 2.24) is 9.97 Å². The number of aryl methyl sites for hydroxylation is 2. The maximum Gasteiger partial charge on any atom is 0.140 e. The molecule has 0 aliphatic heterocycles. The van der Waals surface area contributed by atoms with E-state index < -0.39 is 0 Å². The molecule has 0 spiro atoms. The summed E-state index contributed by atoms with van der Waals surface area (Å²) in [4.78, 5) is 19.5. The van der Waals surface area contributed by atoms with E-state index in [-0.39, 0.29) is 11.7 Å². The lowest BCUT2D eigenvalue weighted by molar-refractivity contribution is -0.118. The Balaban J connectivity index is 3.07. The number of ketones is 1. The van der Waals surface area contributed by atoms with Crippen LogP contribution in [0.1, 0.15) is 37.0 Å². The van der Waals surface area contributed by atoms with Crippen LogP contribution in [0.3, 0.4) is 0 Å². The number of carbonyl (C=O) groups excluding carboxylic acids is 1. The number of Topliss-reactive ketones (excluding diaryl/α,β-unsaturated/α-hetero) is 1. The Kier molecular flexibility index (Phi) is 2.76. The monoisotopic (exact) mass is 178 g/mol. The molecule has 1 heterocycles. The van der Waals surface area contributed by atoms with Gasteiger partial charge in [0, 0.05) is 11.4 Å². The SMILES string of the molecule is CC(=O)C(C)c1nc(C)cc(C)n1. The van der Waals surface area contributed by atoms with Gasteiger partial charge < -0.3 is 0 Å². The highest BCUT2D eigenvalue weighted by atomic mass is 16.1. The molecule has 0 bridgehead atoms. The minimum absolute atomic E-state index is 0.102. The zero-order valence-corrected chi connectivity index (χ0v) is 8.46. The first-order valence-corrected chi connectivity index (χ1v) is 4.33. The zero-order chi connectivity index (χ0) is 10.0. The van der Waals surface area contributed by atoms with E-state index in [1.807, 2.05) is 26.8 Å². The molecule has 13 heavy (non-hydrogen) atoms. The summed E-state index contributed by atoms with van der Waals surface area (Å²) in [5.74, 6) is 0.536. The molecular formula is C10H14N2O. The number of rotatable bonds is 2. The Labute approximate surface area is 78.2 Å². The van der Waals surface area contributed by atoms with E-state index in [2.05, 4.69) is 9.97 Å². The predicted molar refractivity (Wildman–Crippen MR) is 50.6 cm³/mol. The van der Waals surface area contributed by atoms with Crippen LogP contribution in [-0.2, 0) is 4.79 Å². The van der Waals surface area contributed by atoms with Crippen LogP contribution in [0.2, 0.25) is 0 Å². The van der Waals surface area contributed by atoms with Crippen LogP contribution in [-0.4, -0.2) is 15.8 Å². The number of hydrogen-bond acceptors (Lipinski definition) is 3. The number of nitrogens with zero attached hydrogens (tertiary/aromatic N) is 2. The van der Waals surface area contributed by atoms with Crippen molar-refractivity contribution < 1.29 is 4.79 Å². The normalized spacial score (nSPS) is 12.6. The Hall–Kier alpha value is -1.25. The van der Waals surface area contributed by atoms with Crippen LogP contribution < -0.4 is 0 Å². The zero-order valence-electron chi connectivity index (χ0n) is 8.46. The van der Waals surface area contributed by atoms with E-state index in [1.165, 1.54) is 0 Å². The molecule has 0 saturated heterocycles. The van der Waals surface area contributed by atoms with Crippen molar-refractivity contribution in [2.45, 2.75) is 33.6 Å². The lowest BCUT2D eigenvalue weighted by Crippen LogP contribution is -2.10. The number of aromatic nitrogens is 2. The van der Waals surface area contributed by atoms with Crippen LogP contribution in [0.5, 0.6) is 0 Å². The highest BCUT2D eigenvalue weighted by Crippen LogP contribution is 2.12. The van der Waals surface area contributed by atoms with Crippen LogP contribution in [0.4, 0.5) is 0 Å². The van der Waals surface area contributed by atoms with Crippen LogP contribution in [0.15, 0.2) is 6.07 Å². The fraction of sp³-hybridized carbons (Fsp3) is 0.500. The predicted octanol–water partition coefficient (Wildman–Crippen LogP) is 1.79. The standard InChI is InChI=1S/C10H14N2O/c1-6-5-7(2)12-10(11-6)8(3)9(4)13/h5,8H,1-4H3. The van der Waals surface area contributed by atoms with Gasteiger partial charge >= 0.3 is 0 Å². The number of hydrogen-bond donors (Lipinski definition) is 0. The third-order valence-corrected chi connectivity index (χ3v) is 2.00. The fourth-order valence-electron chi connectivity index (χ4n) is 1.13. The molecule has 70 valence electrons. The van der Waals surface area contributed by atoms with E-state index in [1.54, 1.807) is 6.92 Å². The summed E-state index contributed by atoms with van der Waals surface area (Å²) in [6.07, 6.45) is 0. The topological polar surface area (TPSA) is 42.9 Å². The second kappa shape index (κ2) is 3.64. The highest BCUT2D eigenvalue weighted by Gasteiger charge is 2.13. The van der Waals surface area contributed by atoms with Gasteiger partial charge in [-0.1, -0.05) is 0 Å². The maximum atomic E-state index is 11.1. The number of carbonyl (C=O) groups is 1. The Bertz CT molecular complexity index is 313. The smallest absolute Gasteiger partial charge is 0.140 e. The third-order valence-electron chi connectivity index (χ3n) is 2.00. The highest BCUT2D eigenvalue weighted by molar-refractivity contribution is 5.81. The maximum absolute atomic E-state index is 11.1. The van der Waals surface area contributed by atoms with Crippen molar-refractivity contribution in [1.29, 1.82) is 0 Å². The largest absolute Gasteiger partial charge is 0.299 e. The first-order valence-electron chi connectivity index (χ1n) is 4.33. The molecule has 1 unspecified atom stereocenters. The van der Waals surface area contributed by atoms with E-state index >= 15 is 0 Å². The molecule has 0 radical (unpaired) electrons. The summed E-state index contributed by atoms with van der Waals surface area (Å²) in [6, 6.07) is 1.90. The van der Waals surface area contributed by atoms with Crippen molar-refractivity contribution in [3.63, 3.8) is 0 Å². The van der Waals surface area contributed by atoms with Crippen molar-refractivity contribution in [3.05, 3.63) is 23.3 Å². The van der Waals surface area contributed by atoms with Crippen molar-refractivity contribution in [3.8, 4) is 0 Å². The second-order valence-electron chi connectivity index (χ2n) is 3.34. The molecule has 0 fully saturated rings. The van der Waals surface area contributed by atoms with Crippen molar-refractivity contribution in [2.75, 3.05) is 0 Å². The summed E-state index contributed by atoms with van der Waals surface area (Å²) in [7, 11) is 0. The van der Waals surface area contributed by atoms with Gasteiger partial charge in [0.2, 0.25) is 0 Å². The van der Waals surface area contributed by atoms with Gasteiger partial charge in [-0.05, 0) is 33.8 Å². The van der Waals surface area contributed by atoms with Gasteiger partial charge in [-0.3, -0.25) is 4.79 Å². The van der Waals surface area contributed by atoms with E-state index in [0.717, 1.165) is 11.4 Å². The lowest BCUT2D eigenvalue weighted by atomic mass is 10.1.